The molecule has 148 valence electrons. The SMILES string of the molecule is CC(C)(C)[Si](C[C@H]1C[C@H]1C(=O)c1ccccc1)(c1ccccc1)c1ccccc1. The van der Waals surface area contributed by atoms with Crippen molar-refractivity contribution in [3.63, 3.8) is 0 Å². The maximum absolute atomic E-state index is 13.0. The van der Waals surface area contributed by atoms with Gasteiger partial charge in [-0.15, -0.1) is 0 Å². The highest BCUT2D eigenvalue weighted by Crippen LogP contribution is 2.51. The highest BCUT2D eigenvalue weighted by atomic mass is 28.3. The van der Waals surface area contributed by atoms with Crippen LogP contribution in [0.25, 0.3) is 0 Å². The van der Waals surface area contributed by atoms with Crippen LogP contribution >= 0.6 is 0 Å². The number of hydrogen-bond acceptors (Lipinski definition) is 1. The minimum absolute atomic E-state index is 0.151. The molecule has 0 spiro atoms. The molecule has 0 N–H and O–H groups in total. The Morgan fingerprint density at radius 1 is 0.793 bits per heavy atom. The van der Waals surface area contributed by atoms with Crippen LogP contribution in [0.5, 0.6) is 0 Å². The van der Waals surface area contributed by atoms with Gasteiger partial charge >= 0.3 is 0 Å². The summed E-state index contributed by atoms with van der Waals surface area (Å²) in [5, 5.41) is 3.12. The average molecular weight is 399 g/mol. The highest BCUT2D eigenvalue weighted by Gasteiger charge is 2.54. The molecule has 29 heavy (non-hydrogen) atoms. The van der Waals surface area contributed by atoms with Gasteiger partial charge in [0.25, 0.3) is 0 Å². The molecule has 0 radical (unpaired) electrons. The lowest BCUT2D eigenvalue weighted by Crippen LogP contribution is -2.64. The van der Waals surface area contributed by atoms with Gasteiger partial charge in [0.15, 0.2) is 5.78 Å². The first kappa shape index (κ1) is 19.8. The normalized spacial score (nSPS) is 19.0. The van der Waals surface area contributed by atoms with Gasteiger partial charge in [-0.05, 0) is 23.4 Å². The Hall–Kier alpha value is -2.45. The quantitative estimate of drug-likeness (QED) is 0.392. The van der Waals surface area contributed by atoms with Gasteiger partial charge in [0, 0.05) is 11.5 Å². The molecule has 2 atom stereocenters. The summed E-state index contributed by atoms with van der Waals surface area (Å²) in [5.41, 5.74) is 0.863. The number of carbonyl (C=O) groups excluding carboxylic acids is 1. The molecule has 4 rings (SSSR count). The van der Waals surface area contributed by atoms with E-state index in [1.807, 2.05) is 30.3 Å². The first-order valence-corrected chi connectivity index (χ1v) is 12.8. The van der Waals surface area contributed by atoms with Gasteiger partial charge < -0.3 is 0 Å². The van der Waals surface area contributed by atoms with Crippen molar-refractivity contribution in [1.82, 2.24) is 0 Å². The second-order valence-electron chi connectivity index (χ2n) is 9.42. The van der Waals surface area contributed by atoms with Crippen molar-refractivity contribution in [1.29, 1.82) is 0 Å². The molecular formula is C27H30OSi. The summed E-state index contributed by atoms with van der Waals surface area (Å²) in [4.78, 5) is 13.0. The van der Waals surface area contributed by atoms with Gasteiger partial charge in [0.2, 0.25) is 0 Å². The Balaban J connectivity index is 1.72. The van der Waals surface area contributed by atoms with Crippen LogP contribution in [0.2, 0.25) is 11.1 Å². The van der Waals surface area contributed by atoms with E-state index in [9.17, 15) is 4.79 Å². The number of rotatable bonds is 6. The van der Waals surface area contributed by atoms with Crippen LogP contribution in [0.3, 0.4) is 0 Å². The van der Waals surface area contributed by atoms with E-state index in [-0.39, 0.29) is 11.0 Å². The molecular weight excluding hydrogens is 368 g/mol. The van der Waals surface area contributed by atoms with Crippen molar-refractivity contribution in [2.24, 2.45) is 11.8 Å². The minimum Gasteiger partial charge on any atom is -0.294 e. The van der Waals surface area contributed by atoms with Gasteiger partial charge in [0.1, 0.15) is 8.07 Å². The van der Waals surface area contributed by atoms with Crippen LogP contribution in [0.4, 0.5) is 0 Å². The summed E-state index contributed by atoms with van der Waals surface area (Å²) < 4.78 is 0. The van der Waals surface area contributed by atoms with E-state index in [2.05, 4.69) is 81.4 Å². The molecule has 0 heterocycles. The maximum atomic E-state index is 13.0. The Bertz CT molecular complexity index is 918. The van der Waals surface area contributed by atoms with E-state index in [4.69, 9.17) is 0 Å². The van der Waals surface area contributed by atoms with E-state index in [1.165, 1.54) is 10.4 Å². The monoisotopic (exact) mass is 398 g/mol. The Kier molecular flexibility index (Phi) is 5.31. The smallest absolute Gasteiger partial charge is 0.166 e. The van der Waals surface area contributed by atoms with Crippen LogP contribution in [-0.2, 0) is 0 Å². The highest BCUT2D eigenvalue weighted by molar-refractivity contribution is 7.04. The molecule has 1 nitrogen and oxygen atoms in total. The molecule has 0 unspecified atom stereocenters. The zero-order chi connectivity index (χ0) is 20.5. The van der Waals surface area contributed by atoms with Crippen molar-refractivity contribution in [2.75, 3.05) is 0 Å². The molecule has 0 bridgehead atoms. The molecule has 0 aromatic heterocycles. The largest absolute Gasteiger partial charge is 0.294 e. The Morgan fingerprint density at radius 2 is 1.24 bits per heavy atom. The lowest BCUT2D eigenvalue weighted by molar-refractivity contribution is 0.0962. The van der Waals surface area contributed by atoms with Crippen molar-refractivity contribution >= 4 is 24.2 Å². The van der Waals surface area contributed by atoms with Gasteiger partial charge in [0.05, 0.1) is 0 Å². The summed E-state index contributed by atoms with van der Waals surface area (Å²) >= 11 is 0. The fraction of sp³-hybridized carbons (Fsp3) is 0.296. The third-order valence-electron chi connectivity index (χ3n) is 6.70. The van der Waals surface area contributed by atoms with Crippen molar-refractivity contribution in [3.8, 4) is 0 Å². The van der Waals surface area contributed by atoms with E-state index >= 15 is 0 Å². The topological polar surface area (TPSA) is 17.1 Å². The molecule has 0 saturated heterocycles. The second-order valence-corrected chi connectivity index (χ2v) is 14.3. The first-order valence-electron chi connectivity index (χ1n) is 10.6. The van der Waals surface area contributed by atoms with Crippen LogP contribution in [-0.4, -0.2) is 13.9 Å². The number of Topliss-reactive ketones (excluding diaryl/α,β-unsaturated/α-hetero) is 1. The van der Waals surface area contributed by atoms with Gasteiger partial charge in [-0.3, -0.25) is 4.79 Å². The molecule has 1 aliphatic carbocycles. The first-order chi connectivity index (χ1) is 13.9. The molecule has 3 aromatic carbocycles. The molecule has 0 aliphatic heterocycles. The fourth-order valence-corrected chi connectivity index (χ4v) is 10.9. The maximum Gasteiger partial charge on any atom is 0.166 e. The zero-order valence-corrected chi connectivity index (χ0v) is 18.6. The van der Waals surface area contributed by atoms with Crippen LogP contribution < -0.4 is 10.4 Å². The van der Waals surface area contributed by atoms with E-state index < -0.39 is 8.07 Å². The van der Waals surface area contributed by atoms with Crippen molar-refractivity contribution < 1.29 is 4.79 Å². The van der Waals surface area contributed by atoms with Crippen LogP contribution in [0, 0.1) is 11.8 Å². The third kappa shape index (κ3) is 3.74. The standard InChI is InChI=1S/C27H30OSi/c1-27(2,3)29(23-15-9-5-10-16-23,24-17-11-6-12-18-24)20-22-19-25(22)26(28)21-13-7-4-8-14-21/h4-18,22,25H,19-20H2,1-3H3/t22-,25-/m1/s1. The van der Waals surface area contributed by atoms with E-state index in [0.29, 0.717) is 11.7 Å². The number of ketones is 1. The minimum atomic E-state index is -2.09. The molecule has 0 amide bonds. The van der Waals surface area contributed by atoms with Gasteiger partial charge in [-0.1, -0.05) is 122 Å². The summed E-state index contributed by atoms with van der Waals surface area (Å²) in [6.45, 7) is 7.20. The molecule has 2 heteroatoms. The summed E-state index contributed by atoms with van der Waals surface area (Å²) in [6, 6.07) is 33.1. The lowest BCUT2D eigenvalue weighted by atomic mass is 10.1. The number of hydrogen-bond donors (Lipinski definition) is 0. The number of benzene rings is 3. The Morgan fingerprint density at radius 3 is 1.69 bits per heavy atom. The predicted octanol–water partition coefficient (Wildman–Crippen LogP) is 5.57. The summed E-state index contributed by atoms with van der Waals surface area (Å²) in [7, 11) is -2.09. The van der Waals surface area contributed by atoms with Gasteiger partial charge in [-0.2, -0.15) is 0 Å². The molecule has 1 aliphatic rings. The zero-order valence-electron chi connectivity index (χ0n) is 17.6. The number of carbonyl (C=O) groups is 1. The van der Waals surface area contributed by atoms with Crippen LogP contribution in [0.15, 0.2) is 91.0 Å². The third-order valence-corrected chi connectivity index (χ3v) is 13.0. The van der Waals surface area contributed by atoms with Gasteiger partial charge in [-0.25, -0.2) is 0 Å². The lowest BCUT2D eigenvalue weighted by Gasteiger charge is -2.44. The molecule has 3 aromatic rings. The Labute approximate surface area is 175 Å². The summed E-state index contributed by atoms with van der Waals surface area (Å²) in [5.74, 6) is 0.988. The molecule has 1 saturated carbocycles. The van der Waals surface area contributed by atoms with Crippen molar-refractivity contribution in [3.05, 3.63) is 96.6 Å². The fourth-order valence-electron chi connectivity index (χ4n) is 5.02. The average Bonchev–Trinajstić information content (AvgIpc) is 3.51. The van der Waals surface area contributed by atoms with Crippen molar-refractivity contribution in [2.45, 2.75) is 38.3 Å². The molecule has 1 fully saturated rings. The second kappa shape index (κ2) is 7.76. The predicted molar refractivity (Wildman–Crippen MR) is 125 cm³/mol. The summed E-state index contributed by atoms with van der Waals surface area (Å²) in [6.07, 6.45) is 1.03. The van der Waals surface area contributed by atoms with E-state index in [0.717, 1.165) is 18.0 Å². The van der Waals surface area contributed by atoms with E-state index in [1.54, 1.807) is 0 Å². The van der Waals surface area contributed by atoms with Crippen LogP contribution in [0.1, 0.15) is 37.6 Å².